The van der Waals surface area contributed by atoms with E-state index in [1.165, 1.54) is 0 Å². The van der Waals surface area contributed by atoms with Gasteiger partial charge in [-0.05, 0) is 32.1 Å². The van der Waals surface area contributed by atoms with Gasteiger partial charge in [0.15, 0.2) is 12.4 Å². The molecule has 180 valence electrons. The molecule has 0 saturated carbocycles. The van der Waals surface area contributed by atoms with Crippen LogP contribution in [0.1, 0.15) is 38.5 Å². The molecule has 0 aliphatic carbocycles. The van der Waals surface area contributed by atoms with E-state index in [1.807, 2.05) is 0 Å². The molecule has 3 heterocycles. The zero-order chi connectivity index (χ0) is 22.2. The molecule has 0 radical (unpaired) electrons. The van der Waals surface area contributed by atoms with Crippen LogP contribution in [-0.4, -0.2) is 101 Å². The first-order chi connectivity index (χ1) is 14.9. The summed E-state index contributed by atoms with van der Waals surface area (Å²) < 4.78 is 28.5. The topological polar surface area (TPSA) is 169 Å². The van der Waals surface area contributed by atoms with Crippen molar-refractivity contribution in [2.24, 2.45) is 0 Å². The largest absolute Gasteiger partial charge is 0.457 e. The summed E-state index contributed by atoms with van der Waals surface area (Å²) >= 11 is 0. The number of nitrogens with zero attached hydrogens (tertiary/aromatic N) is 2. The Balaban J connectivity index is 1.36. The Hall–Kier alpha value is -1.01. The molecule has 31 heavy (non-hydrogen) atoms. The molecule has 0 spiro atoms. The Kier molecular flexibility index (Phi) is 9.76. The molecule has 14 heteroatoms. The highest BCUT2D eigenvalue weighted by Gasteiger charge is 2.50. The van der Waals surface area contributed by atoms with E-state index in [1.54, 1.807) is 0 Å². The van der Waals surface area contributed by atoms with Crippen LogP contribution in [0.15, 0.2) is 0 Å². The number of ether oxygens (including phenoxy) is 5. The maximum atomic E-state index is 12.2. The third-order valence-corrected chi connectivity index (χ3v) is 5.24. The quantitative estimate of drug-likeness (QED) is 0.232. The van der Waals surface area contributed by atoms with E-state index in [0.29, 0.717) is 13.2 Å². The average Bonchev–Trinajstić information content (AvgIpc) is 3.30. The fourth-order valence-electron chi connectivity index (χ4n) is 3.81. The zero-order valence-electron chi connectivity index (χ0n) is 17.0. The van der Waals surface area contributed by atoms with Gasteiger partial charge in [0.2, 0.25) is 0 Å². The van der Waals surface area contributed by atoms with Crippen molar-refractivity contribution in [1.29, 1.82) is 0 Å². The maximum absolute atomic E-state index is 12.2. The van der Waals surface area contributed by atoms with Crippen LogP contribution in [0.4, 0.5) is 0 Å². The van der Waals surface area contributed by atoms with Gasteiger partial charge in [0, 0.05) is 13.0 Å². The van der Waals surface area contributed by atoms with Gasteiger partial charge in [-0.25, -0.2) is 9.68 Å². The third-order valence-electron chi connectivity index (χ3n) is 5.24. The smallest absolute Gasteiger partial charge is 0.306 e. The molecule has 3 rings (SSSR count). The van der Waals surface area contributed by atoms with E-state index in [-0.39, 0.29) is 44.4 Å². The minimum absolute atomic E-state index is 0.0163. The van der Waals surface area contributed by atoms with Crippen molar-refractivity contribution in [3.63, 3.8) is 0 Å². The summed E-state index contributed by atoms with van der Waals surface area (Å²) in [5.74, 6) is -0.478. The lowest BCUT2D eigenvalue weighted by Crippen LogP contribution is -2.38. The van der Waals surface area contributed by atoms with Crippen molar-refractivity contribution in [3.05, 3.63) is 0 Å². The van der Waals surface area contributed by atoms with Crippen molar-refractivity contribution in [1.82, 2.24) is 10.8 Å². The van der Waals surface area contributed by atoms with Gasteiger partial charge in [0.25, 0.3) is 0 Å². The van der Waals surface area contributed by atoms with E-state index < -0.39 is 41.7 Å². The molecule has 3 fully saturated rings. The Bertz CT molecular complexity index is 547. The molecular formula is C17H30N2O12. The Morgan fingerprint density at radius 1 is 1.00 bits per heavy atom. The lowest BCUT2D eigenvalue weighted by atomic mass is 10.1. The van der Waals surface area contributed by atoms with Crippen LogP contribution in [0.5, 0.6) is 0 Å². The monoisotopic (exact) mass is 454 g/mol. The van der Waals surface area contributed by atoms with Crippen molar-refractivity contribution < 1.29 is 59.0 Å². The van der Waals surface area contributed by atoms with E-state index in [2.05, 4.69) is 9.68 Å². The number of carbonyl (C=O) groups excluding carboxylic acids is 1. The number of hydrogen-bond acceptors (Lipinski definition) is 14. The van der Waals surface area contributed by atoms with Crippen LogP contribution in [0, 0.1) is 0 Å². The van der Waals surface area contributed by atoms with Gasteiger partial charge in [-0.15, -0.1) is 0 Å². The van der Waals surface area contributed by atoms with Crippen molar-refractivity contribution >= 4 is 5.97 Å². The molecule has 0 amide bonds. The van der Waals surface area contributed by atoms with Crippen molar-refractivity contribution in [2.45, 2.75) is 75.3 Å². The summed E-state index contributed by atoms with van der Waals surface area (Å²) in [7, 11) is 0. The Morgan fingerprint density at radius 2 is 1.74 bits per heavy atom. The fraction of sp³-hybridized carbons (Fsp3) is 0.941. The van der Waals surface area contributed by atoms with E-state index in [4.69, 9.17) is 44.5 Å². The standard InChI is InChI=1S/C17H30N2O12/c20-14(5-3-4-11(31-19(23)24)8-28-18(21)22)29-12-9-26-17-13(10-27-16(12)17)30-15-6-1-2-7-25-15/h11-13,15-17,21-24H,1-10H2/t11?,12-,13-,15?,16+,17+/m0/s1. The minimum Gasteiger partial charge on any atom is -0.457 e. The van der Waals surface area contributed by atoms with Crippen LogP contribution in [0.3, 0.4) is 0 Å². The molecule has 4 N–H and O–H groups in total. The summed E-state index contributed by atoms with van der Waals surface area (Å²) in [6.07, 6.45) is 0.571. The highest BCUT2D eigenvalue weighted by molar-refractivity contribution is 5.69. The lowest BCUT2D eigenvalue weighted by Gasteiger charge is -2.27. The van der Waals surface area contributed by atoms with Gasteiger partial charge < -0.3 is 23.7 Å². The molecule has 0 bridgehead atoms. The Morgan fingerprint density at radius 3 is 2.42 bits per heavy atom. The van der Waals surface area contributed by atoms with Crippen LogP contribution < -0.4 is 0 Å². The van der Waals surface area contributed by atoms with E-state index >= 15 is 0 Å². The molecule has 3 saturated heterocycles. The predicted molar refractivity (Wildman–Crippen MR) is 93.3 cm³/mol. The van der Waals surface area contributed by atoms with Gasteiger partial charge in [0.1, 0.15) is 31.0 Å². The minimum atomic E-state index is -0.957. The first-order valence-electron chi connectivity index (χ1n) is 10.3. The van der Waals surface area contributed by atoms with Crippen LogP contribution in [-0.2, 0) is 38.2 Å². The summed E-state index contributed by atoms with van der Waals surface area (Å²) in [5, 5.41) is 33.5. The van der Waals surface area contributed by atoms with Gasteiger partial charge in [-0.3, -0.25) is 25.6 Å². The average molecular weight is 454 g/mol. The second-order valence-electron chi connectivity index (χ2n) is 7.52. The van der Waals surface area contributed by atoms with Gasteiger partial charge >= 0.3 is 5.97 Å². The van der Waals surface area contributed by atoms with Gasteiger partial charge in [0.05, 0.1) is 24.0 Å². The van der Waals surface area contributed by atoms with Crippen LogP contribution >= 0.6 is 0 Å². The van der Waals surface area contributed by atoms with Crippen molar-refractivity contribution in [3.8, 4) is 0 Å². The second kappa shape index (κ2) is 12.3. The summed E-state index contributed by atoms with van der Waals surface area (Å²) in [6, 6.07) is 0. The molecular weight excluding hydrogens is 424 g/mol. The first kappa shape index (κ1) is 24.6. The molecule has 2 unspecified atom stereocenters. The number of rotatable bonds is 12. The summed E-state index contributed by atoms with van der Waals surface area (Å²) in [4.78, 5) is 21.2. The molecule has 0 aromatic rings. The van der Waals surface area contributed by atoms with E-state index in [9.17, 15) is 4.79 Å². The SMILES string of the molecule is O=C(CCCC(CON(O)O)ON(O)O)O[C@H]1CO[C@H]2[C@@H]1OC[C@@H]2OC1CCCCO1. The fourth-order valence-corrected chi connectivity index (χ4v) is 3.81. The molecule has 0 aromatic carbocycles. The number of hydrogen-bond donors (Lipinski definition) is 4. The second-order valence-corrected chi connectivity index (χ2v) is 7.52. The summed E-state index contributed by atoms with van der Waals surface area (Å²) in [6.45, 7) is 0.824. The maximum Gasteiger partial charge on any atom is 0.306 e. The van der Waals surface area contributed by atoms with Gasteiger partial charge in [-0.2, -0.15) is 0 Å². The molecule has 14 nitrogen and oxygen atoms in total. The molecule has 3 aliphatic heterocycles. The third kappa shape index (κ3) is 7.81. The van der Waals surface area contributed by atoms with Crippen LogP contribution in [0.2, 0.25) is 0 Å². The number of fused-ring (bicyclic) bond motifs is 1. The molecule has 6 atom stereocenters. The van der Waals surface area contributed by atoms with Gasteiger partial charge in [-0.1, -0.05) is 0 Å². The van der Waals surface area contributed by atoms with Crippen molar-refractivity contribution in [2.75, 3.05) is 26.4 Å². The molecule has 3 aliphatic rings. The predicted octanol–water partition coefficient (Wildman–Crippen LogP) is 0.171. The van der Waals surface area contributed by atoms with E-state index in [0.717, 1.165) is 19.3 Å². The number of esters is 1. The molecule has 0 aromatic heterocycles. The van der Waals surface area contributed by atoms with Crippen LogP contribution in [0.25, 0.3) is 0 Å². The summed E-state index contributed by atoms with van der Waals surface area (Å²) in [5.41, 5.74) is 0. The highest BCUT2D eigenvalue weighted by atomic mass is 17.1. The zero-order valence-corrected chi connectivity index (χ0v) is 17.0. The Labute approximate surface area is 178 Å². The lowest BCUT2D eigenvalue weighted by molar-refractivity contribution is -0.527. The highest BCUT2D eigenvalue weighted by Crippen LogP contribution is 2.32. The normalized spacial score (nSPS) is 31.9. The number of carbonyl (C=O) groups is 1. The first-order valence-corrected chi connectivity index (χ1v) is 10.3.